The van der Waals surface area contributed by atoms with Crippen LogP contribution < -0.4 is 0 Å². The summed E-state index contributed by atoms with van der Waals surface area (Å²) in [5.41, 5.74) is -6.43. The number of hydrogen-bond acceptors (Lipinski definition) is 5. The van der Waals surface area contributed by atoms with Crippen LogP contribution in [-0.2, 0) is 31.9 Å². The van der Waals surface area contributed by atoms with Gasteiger partial charge >= 0.3 is 21.1 Å². The molecule has 5 rings (SSSR count). The van der Waals surface area contributed by atoms with Gasteiger partial charge in [-0.1, -0.05) is 13.8 Å². The molecular formula is C24H14F4N8Pt. The van der Waals surface area contributed by atoms with E-state index in [-0.39, 0.29) is 32.7 Å². The van der Waals surface area contributed by atoms with Crippen LogP contribution in [0.2, 0.25) is 0 Å². The van der Waals surface area contributed by atoms with Crippen molar-refractivity contribution in [3.8, 4) is 17.4 Å². The van der Waals surface area contributed by atoms with E-state index in [1.54, 1.807) is 13.8 Å². The first-order valence-electron chi connectivity index (χ1n) is 10.5. The second-order valence-corrected chi connectivity index (χ2v) is 9.18. The van der Waals surface area contributed by atoms with Crippen LogP contribution in [0.1, 0.15) is 56.0 Å². The van der Waals surface area contributed by atoms with Crippen LogP contribution in [0.3, 0.4) is 0 Å². The molecule has 2 aromatic heterocycles. The topological polar surface area (TPSA) is 89.6 Å². The van der Waals surface area contributed by atoms with Gasteiger partial charge in [0.05, 0.1) is 23.9 Å². The molecule has 0 atom stereocenters. The second-order valence-electron chi connectivity index (χ2n) is 9.18. The molecule has 8 nitrogen and oxygen atoms in total. The Labute approximate surface area is 222 Å². The zero-order valence-corrected chi connectivity index (χ0v) is 21.8. The smallest absolute Gasteiger partial charge is 0.297 e. The van der Waals surface area contributed by atoms with Gasteiger partial charge in [0.2, 0.25) is 0 Å². The fourth-order valence-electron chi connectivity index (χ4n) is 4.04. The van der Waals surface area contributed by atoms with E-state index in [0.717, 1.165) is 22.0 Å². The number of rotatable bonds is 0. The Balaban J connectivity index is 0.00000320. The SMILES string of the molecule is [C-]#[N+]c1c(F)c2[c-]c(c1F)C(C)(C)c1[c-]c(c(F)c(C#N)c1F)-n1cnc(n1)C(C)(C)c1ncn-2n1.[Pt+2]. The van der Waals surface area contributed by atoms with E-state index in [4.69, 9.17) is 6.57 Å². The molecule has 2 aromatic carbocycles. The van der Waals surface area contributed by atoms with Crippen LogP contribution in [0.5, 0.6) is 0 Å². The molecule has 4 aromatic rings. The van der Waals surface area contributed by atoms with Crippen molar-refractivity contribution in [3.63, 3.8) is 0 Å². The van der Waals surface area contributed by atoms with Crippen molar-refractivity contribution in [2.24, 2.45) is 0 Å². The Hall–Kier alpha value is -3.89. The summed E-state index contributed by atoms with van der Waals surface area (Å²) < 4.78 is 63.4. The fraction of sp³-hybridized carbons (Fsp3) is 0.250. The third-order valence-electron chi connectivity index (χ3n) is 6.23. The predicted molar refractivity (Wildman–Crippen MR) is 115 cm³/mol. The van der Waals surface area contributed by atoms with Crippen LogP contribution >= 0.6 is 0 Å². The fourth-order valence-corrected chi connectivity index (χ4v) is 4.04. The van der Waals surface area contributed by atoms with E-state index < -0.39 is 67.9 Å². The monoisotopic (exact) mass is 685 g/mol. The summed E-state index contributed by atoms with van der Waals surface area (Å²) in [5, 5.41) is 18.1. The van der Waals surface area contributed by atoms with E-state index in [1.807, 2.05) is 0 Å². The van der Waals surface area contributed by atoms with Crippen molar-refractivity contribution in [1.82, 2.24) is 29.5 Å². The summed E-state index contributed by atoms with van der Waals surface area (Å²) >= 11 is 0. The van der Waals surface area contributed by atoms with Gasteiger partial charge in [0.1, 0.15) is 12.7 Å². The standard InChI is InChI=1S/C24H14F4N8.Pt/c1-23(2)12-6-14(17(26)11(8-29)16(12)25)35-9-31-21(33-35)24(3,4)22-32-10-36(34-22)15-7-13(23)18(27)20(30-5)19(15)28;/h9-10H,1-4H3;/q-2;+2. The summed E-state index contributed by atoms with van der Waals surface area (Å²) in [4.78, 5) is 11.4. The van der Waals surface area contributed by atoms with Crippen LogP contribution in [0.25, 0.3) is 16.2 Å². The van der Waals surface area contributed by atoms with Gasteiger partial charge in [0.15, 0.2) is 17.3 Å². The Morgan fingerprint density at radius 1 is 0.838 bits per heavy atom. The Morgan fingerprint density at radius 3 is 1.81 bits per heavy atom. The van der Waals surface area contributed by atoms with E-state index in [2.05, 4.69) is 37.1 Å². The van der Waals surface area contributed by atoms with E-state index >= 15 is 17.6 Å². The molecule has 0 amide bonds. The molecule has 1 aliphatic heterocycles. The number of benzene rings is 2. The molecule has 0 radical (unpaired) electrons. The summed E-state index contributed by atoms with van der Waals surface area (Å²) in [7, 11) is 0. The van der Waals surface area contributed by atoms with Crippen molar-refractivity contribution in [2.75, 3.05) is 0 Å². The molecule has 0 unspecified atom stereocenters. The minimum atomic E-state index is -1.72. The van der Waals surface area contributed by atoms with Gasteiger partial charge in [-0.15, -0.1) is 23.3 Å². The largest absolute Gasteiger partial charge is 2.00 e. The molecule has 0 N–H and O–H groups in total. The zero-order valence-electron chi connectivity index (χ0n) is 19.6. The number of fused-ring (bicyclic) bond motifs is 10. The third-order valence-corrected chi connectivity index (χ3v) is 6.23. The summed E-state index contributed by atoms with van der Waals surface area (Å²) in [5.74, 6) is -4.79. The molecule has 3 heterocycles. The van der Waals surface area contributed by atoms with E-state index in [0.29, 0.717) is 0 Å². The quantitative estimate of drug-likeness (QED) is 0.203. The van der Waals surface area contributed by atoms with Gasteiger partial charge < -0.3 is 0 Å². The van der Waals surface area contributed by atoms with Crippen molar-refractivity contribution in [2.45, 2.75) is 38.5 Å². The maximum Gasteiger partial charge on any atom is 2.00 e. The molecule has 13 heteroatoms. The number of aromatic nitrogens is 6. The Morgan fingerprint density at radius 2 is 1.32 bits per heavy atom. The zero-order chi connectivity index (χ0) is 26.2. The van der Waals surface area contributed by atoms with E-state index in [9.17, 15) is 5.26 Å². The number of hydrogen-bond donors (Lipinski definition) is 0. The van der Waals surface area contributed by atoms with Gasteiger partial charge in [0, 0.05) is 23.0 Å². The summed E-state index contributed by atoms with van der Waals surface area (Å²) in [6, 6.07) is 6.64. The maximum atomic E-state index is 15.5. The van der Waals surface area contributed by atoms with Gasteiger partial charge in [-0.2, -0.15) is 15.5 Å². The Bertz CT molecular complexity index is 1550. The molecule has 0 spiro atoms. The molecule has 37 heavy (non-hydrogen) atoms. The average Bonchev–Trinajstić information content (AvgIpc) is 3.50. The first-order chi connectivity index (χ1) is 16.9. The van der Waals surface area contributed by atoms with Crippen LogP contribution in [-0.4, -0.2) is 29.5 Å². The van der Waals surface area contributed by atoms with Crippen molar-refractivity contribution >= 4 is 5.69 Å². The maximum absolute atomic E-state index is 15.5. The van der Waals surface area contributed by atoms with Gasteiger partial charge in [-0.25, -0.2) is 19.3 Å². The van der Waals surface area contributed by atoms with Crippen molar-refractivity contribution in [1.29, 1.82) is 5.26 Å². The number of nitriles is 1. The van der Waals surface area contributed by atoms with Gasteiger partial charge in [-0.3, -0.25) is 22.4 Å². The van der Waals surface area contributed by atoms with Crippen molar-refractivity contribution in [3.05, 3.63) is 87.8 Å². The minimum absolute atomic E-state index is 0. The summed E-state index contributed by atoms with van der Waals surface area (Å²) in [6.45, 7) is 13.4. The molecule has 188 valence electrons. The van der Waals surface area contributed by atoms with E-state index in [1.165, 1.54) is 19.9 Å². The molecular weight excluding hydrogens is 671 g/mol. The van der Waals surface area contributed by atoms with Crippen molar-refractivity contribution < 1.29 is 38.6 Å². The van der Waals surface area contributed by atoms with Gasteiger partial charge in [-0.05, 0) is 30.6 Å². The molecule has 0 fully saturated rings. The first kappa shape index (κ1) is 26.2. The predicted octanol–water partition coefficient (Wildman–Crippen LogP) is 4.39. The molecule has 0 saturated heterocycles. The Kier molecular flexibility index (Phi) is 6.08. The van der Waals surface area contributed by atoms with Crippen LogP contribution in [0.4, 0.5) is 23.2 Å². The average molecular weight is 686 g/mol. The van der Waals surface area contributed by atoms with Gasteiger partial charge in [0.25, 0.3) is 0 Å². The minimum Gasteiger partial charge on any atom is -0.297 e. The first-order valence-corrected chi connectivity index (χ1v) is 10.5. The van der Waals surface area contributed by atoms with Crippen LogP contribution in [0, 0.1) is 53.3 Å². The number of nitrogens with zero attached hydrogens (tertiary/aromatic N) is 8. The molecule has 8 bridgehead atoms. The third kappa shape index (κ3) is 3.58. The molecule has 1 aliphatic rings. The number of halogens is 4. The normalized spacial score (nSPS) is 14.6. The summed E-state index contributed by atoms with van der Waals surface area (Å²) in [6.07, 6.45) is 2.31. The molecule has 0 saturated carbocycles. The molecule has 0 aliphatic carbocycles. The van der Waals surface area contributed by atoms with Crippen LogP contribution in [0.15, 0.2) is 12.7 Å². The second kappa shape index (κ2) is 8.60.